The Morgan fingerprint density at radius 2 is 2.00 bits per heavy atom. The summed E-state index contributed by atoms with van der Waals surface area (Å²) in [5, 5.41) is 22.4. The van der Waals surface area contributed by atoms with Gasteiger partial charge in [-0.1, -0.05) is 16.8 Å². The summed E-state index contributed by atoms with van der Waals surface area (Å²) in [5.74, 6) is 0.0959. The number of hydrogen-bond donors (Lipinski definition) is 2. The average molecular weight is 499 g/mol. The van der Waals surface area contributed by atoms with Crippen LogP contribution in [0.4, 0.5) is 13.2 Å². The Bertz CT molecular complexity index is 1130. The Labute approximate surface area is 197 Å². The number of nitrogens with one attached hydrogen (secondary N) is 1. The molecule has 4 saturated carbocycles. The van der Waals surface area contributed by atoms with Gasteiger partial charge in [-0.05, 0) is 50.3 Å². The van der Waals surface area contributed by atoms with Gasteiger partial charge < -0.3 is 15.2 Å². The largest absolute Gasteiger partial charge is 0.522 e. The van der Waals surface area contributed by atoms with Crippen LogP contribution in [0.3, 0.4) is 0 Å². The van der Waals surface area contributed by atoms with Crippen LogP contribution in [-0.2, 0) is 15.1 Å². The van der Waals surface area contributed by atoms with Crippen molar-refractivity contribution in [2.24, 2.45) is 0 Å². The van der Waals surface area contributed by atoms with Gasteiger partial charge in [0.15, 0.2) is 6.10 Å². The molecule has 1 aromatic heterocycles. The number of carbonyl (C=O) groups is 1. The molecule has 2 heterocycles. The Morgan fingerprint density at radius 3 is 2.71 bits per heavy atom. The number of rotatable bonds is 5. The standard InChI is InChI=1S/C22H22ClF3N4O4/c23-12-1-2-17-14(5-12)16(31)6-18(33-17)19(32)27-20-8-21(9-20,10-20)30-7-15(28-29-30)11-3-13(4-11)34-22(24,25)26/h1-2,5,7,11,13,16,18,31H,3-4,6,8-10H2,(H,27,32)/t11-,13+,16-,18-,20?,21?/m1/s1. The molecule has 1 aromatic carbocycles. The zero-order chi connectivity index (χ0) is 23.9. The first-order chi connectivity index (χ1) is 16.0. The summed E-state index contributed by atoms with van der Waals surface area (Å²) in [4.78, 5) is 12.9. The number of amides is 1. The van der Waals surface area contributed by atoms with Gasteiger partial charge in [0, 0.05) is 34.7 Å². The molecule has 5 aliphatic rings. The lowest BCUT2D eigenvalue weighted by Gasteiger charge is -2.69. The molecule has 0 radical (unpaired) electrons. The first-order valence-corrected chi connectivity index (χ1v) is 11.5. The second-order valence-corrected chi connectivity index (χ2v) is 10.4. The van der Waals surface area contributed by atoms with E-state index in [2.05, 4.69) is 20.4 Å². The minimum Gasteiger partial charge on any atom is -0.480 e. The summed E-state index contributed by atoms with van der Waals surface area (Å²) in [7, 11) is 0. The number of aromatic nitrogens is 3. The summed E-state index contributed by atoms with van der Waals surface area (Å²) in [6.07, 6.45) is -2.49. The van der Waals surface area contributed by atoms with Crippen molar-refractivity contribution in [3.8, 4) is 5.75 Å². The fourth-order valence-corrected chi connectivity index (χ4v) is 6.00. The SMILES string of the molecule is O=C(NC12CC(n3cc([C@H]4C[C@@H](OC(F)(F)F)C4)nn3)(C1)C2)[C@H]1C[C@@H](O)c2cc(Cl)ccc2O1. The zero-order valence-electron chi connectivity index (χ0n) is 17.9. The van der Waals surface area contributed by atoms with E-state index in [0.717, 1.165) is 0 Å². The van der Waals surface area contributed by atoms with Crippen molar-refractivity contribution in [3.63, 3.8) is 0 Å². The molecule has 1 amide bonds. The van der Waals surface area contributed by atoms with E-state index in [9.17, 15) is 23.1 Å². The van der Waals surface area contributed by atoms with Crippen molar-refractivity contribution in [1.29, 1.82) is 0 Å². The molecule has 2 atom stereocenters. The quantitative estimate of drug-likeness (QED) is 0.656. The van der Waals surface area contributed by atoms with Crippen molar-refractivity contribution < 1.29 is 32.5 Å². The van der Waals surface area contributed by atoms with Crippen molar-refractivity contribution in [2.75, 3.05) is 0 Å². The van der Waals surface area contributed by atoms with Crippen LogP contribution in [0.1, 0.15) is 61.8 Å². The first kappa shape index (κ1) is 22.1. The summed E-state index contributed by atoms with van der Waals surface area (Å²) in [6, 6.07) is 4.94. The predicted octanol–water partition coefficient (Wildman–Crippen LogP) is 3.35. The highest BCUT2D eigenvalue weighted by atomic mass is 35.5. The number of hydrogen-bond acceptors (Lipinski definition) is 6. The van der Waals surface area contributed by atoms with Gasteiger partial charge in [0.05, 0.1) is 23.4 Å². The molecule has 0 saturated heterocycles. The van der Waals surface area contributed by atoms with Gasteiger partial charge in [-0.25, -0.2) is 4.68 Å². The van der Waals surface area contributed by atoms with Gasteiger partial charge in [0.2, 0.25) is 0 Å². The maximum atomic E-state index is 12.9. The van der Waals surface area contributed by atoms with Crippen LogP contribution >= 0.6 is 11.6 Å². The van der Waals surface area contributed by atoms with Crippen molar-refractivity contribution >= 4 is 17.5 Å². The smallest absolute Gasteiger partial charge is 0.480 e. The number of nitrogens with zero attached hydrogens (tertiary/aromatic N) is 3. The van der Waals surface area contributed by atoms with Crippen LogP contribution in [0.2, 0.25) is 5.02 Å². The minimum absolute atomic E-state index is 0.0882. The first-order valence-electron chi connectivity index (χ1n) is 11.2. The predicted molar refractivity (Wildman–Crippen MR) is 111 cm³/mol. The topological polar surface area (TPSA) is 98.5 Å². The van der Waals surface area contributed by atoms with E-state index >= 15 is 0 Å². The Morgan fingerprint density at radius 1 is 1.26 bits per heavy atom. The summed E-state index contributed by atoms with van der Waals surface area (Å²) in [5.41, 5.74) is 0.694. The molecule has 7 rings (SSSR count). The summed E-state index contributed by atoms with van der Waals surface area (Å²) < 4.78 is 48.6. The van der Waals surface area contributed by atoms with E-state index in [-0.39, 0.29) is 42.2 Å². The molecule has 8 nitrogen and oxygen atoms in total. The molecule has 182 valence electrons. The van der Waals surface area contributed by atoms with E-state index in [1.807, 2.05) is 6.20 Å². The number of carbonyl (C=O) groups excluding carboxylic acids is 1. The second-order valence-electron chi connectivity index (χ2n) is 10.0. The molecular formula is C22H22ClF3N4O4. The monoisotopic (exact) mass is 498 g/mol. The zero-order valence-corrected chi connectivity index (χ0v) is 18.6. The number of benzene rings is 1. The van der Waals surface area contributed by atoms with Crippen LogP contribution in [0.15, 0.2) is 24.4 Å². The molecule has 34 heavy (non-hydrogen) atoms. The molecule has 4 aliphatic carbocycles. The third-order valence-corrected chi connectivity index (χ3v) is 7.77. The third-order valence-electron chi connectivity index (χ3n) is 7.53. The number of halogens is 4. The highest BCUT2D eigenvalue weighted by Crippen LogP contribution is 2.65. The number of aliphatic hydroxyl groups excluding tert-OH is 1. The molecule has 2 aromatic rings. The van der Waals surface area contributed by atoms with Crippen molar-refractivity contribution in [1.82, 2.24) is 20.3 Å². The molecule has 4 fully saturated rings. The normalized spacial score (nSPS) is 35.8. The van der Waals surface area contributed by atoms with Gasteiger partial charge in [0.25, 0.3) is 5.91 Å². The molecule has 12 heteroatoms. The second kappa shape index (κ2) is 7.32. The minimum atomic E-state index is -4.62. The molecule has 0 spiro atoms. The lowest BCUT2D eigenvalue weighted by Crippen LogP contribution is -2.79. The lowest BCUT2D eigenvalue weighted by molar-refractivity contribution is -0.351. The molecule has 2 N–H and O–H groups in total. The summed E-state index contributed by atoms with van der Waals surface area (Å²) >= 11 is 5.98. The number of alkyl halides is 3. The van der Waals surface area contributed by atoms with E-state index < -0.39 is 24.7 Å². The van der Waals surface area contributed by atoms with Crippen LogP contribution in [0.5, 0.6) is 5.75 Å². The van der Waals surface area contributed by atoms with Crippen LogP contribution < -0.4 is 10.1 Å². The Balaban J connectivity index is 1.03. The van der Waals surface area contributed by atoms with E-state index in [4.69, 9.17) is 16.3 Å². The fourth-order valence-electron chi connectivity index (χ4n) is 5.82. The average Bonchev–Trinajstić information content (AvgIpc) is 3.14. The number of ether oxygens (including phenoxy) is 2. The maximum Gasteiger partial charge on any atom is 0.522 e. The van der Waals surface area contributed by atoms with Crippen LogP contribution in [0, 0.1) is 0 Å². The van der Waals surface area contributed by atoms with E-state index in [1.165, 1.54) is 0 Å². The van der Waals surface area contributed by atoms with Gasteiger partial charge in [-0.3, -0.25) is 9.53 Å². The highest BCUT2D eigenvalue weighted by molar-refractivity contribution is 6.30. The van der Waals surface area contributed by atoms with Gasteiger partial charge in [-0.2, -0.15) is 0 Å². The van der Waals surface area contributed by atoms with Crippen molar-refractivity contribution in [3.05, 3.63) is 40.7 Å². The lowest BCUT2D eigenvalue weighted by atomic mass is 9.44. The number of aliphatic hydroxyl groups is 1. The summed E-state index contributed by atoms with van der Waals surface area (Å²) in [6.45, 7) is 0. The highest BCUT2D eigenvalue weighted by Gasteiger charge is 2.70. The van der Waals surface area contributed by atoms with E-state index in [1.54, 1.807) is 22.9 Å². The van der Waals surface area contributed by atoms with Gasteiger partial charge in [0.1, 0.15) is 5.75 Å². The van der Waals surface area contributed by atoms with Gasteiger partial charge in [-0.15, -0.1) is 18.3 Å². The Hall–Kier alpha value is -2.37. The number of fused-ring (bicyclic) bond motifs is 1. The molecule has 1 aliphatic heterocycles. The Kier molecular flexibility index (Phi) is 4.76. The maximum absolute atomic E-state index is 12.9. The molecule has 2 bridgehead atoms. The molecule has 0 unspecified atom stereocenters. The fraction of sp³-hybridized carbons (Fsp3) is 0.591. The van der Waals surface area contributed by atoms with Crippen LogP contribution in [-0.4, -0.2) is 50.1 Å². The molecular weight excluding hydrogens is 477 g/mol. The van der Waals surface area contributed by atoms with Crippen molar-refractivity contribution in [2.45, 2.75) is 80.2 Å². The van der Waals surface area contributed by atoms with E-state index in [0.29, 0.717) is 41.3 Å². The van der Waals surface area contributed by atoms with Crippen LogP contribution in [0.25, 0.3) is 0 Å². The van der Waals surface area contributed by atoms with Gasteiger partial charge >= 0.3 is 6.36 Å². The third kappa shape index (κ3) is 3.64.